The average Bonchev–Trinajstić information content (AvgIpc) is 2.80. The lowest BCUT2D eigenvalue weighted by Gasteiger charge is -2.37. The number of rotatable bonds is 6. The van der Waals surface area contributed by atoms with Crippen LogP contribution in [0.3, 0.4) is 0 Å². The standard InChI is InChI=1S/C27H37NO3/c1-18(20-10-12-27(2,17-29)13-11-20)26(31)24-5-3-4-21-16-28-22(15-25(21)24)14-19-6-8-23(30)9-7-19/h3-5,15-16,18-20,23,29-30H,6-14,17H2,1-2H3. The number of benzene rings is 1. The zero-order chi connectivity index (χ0) is 22.0. The maximum Gasteiger partial charge on any atom is 0.166 e. The van der Waals surface area contributed by atoms with Crippen LogP contribution in [0.4, 0.5) is 0 Å². The van der Waals surface area contributed by atoms with E-state index < -0.39 is 0 Å². The van der Waals surface area contributed by atoms with Gasteiger partial charge in [0.05, 0.1) is 6.10 Å². The minimum atomic E-state index is -0.137. The van der Waals surface area contributed by atoms with Crippen molar-refractivity contribution in [2.45, 2.75) is 77.7 Å². The van der Waals surface area contributed by atoms with Crippen molar-refractivity contribution in [3.05, 3.63) is 41.7 Å². The van der Waals surface area contributed by atoms with Gasteiger partial charge in [-0.25, -0.2) is 0 Å². The number of fused-ring (bicyclic) bond motifs is 1. The molecule has 31 heavy (non-hydrogen) atoms. The van der Waals surface area contributed by atoms with Crippen molar-refractivity contribution in [3.63, 3.8) is 0 Å². The Hall–Kier alpha value is -1.78. The smallest absolute Gasteiger partial charge is 0.166 e. The minimum absolute atomic E-state index is 0.00899. The summed E-state index contributed by atoms with van der Waals surface area (Å²) in [5, 5.41) is 21.5. The minimum Gasteiger partial charge on any atom is -0.396 e. The number of Topliss-reactive ketones (excluding diaryl/α,β-unsaturated/α-hetero) is 1. The summed E-state index contributed by atoms with van der Waals surface area (Å²) in [6.07, 6.45) is 10.6. The summed E-state index contributed by atoms with van der Waals surface area (Å²) >= 11 is 0. The maximum atomic E-state index is 13.5. The van der Waals surface area contributed by atoms with E-state index in [0.717, 1.165) is 79.8 Å². The Morgan fingerprint density at radius 2 is 1.87 bits per heavy atom. The monoisotopic (exact) mass is 423 g/mol. The van der Waals surface area contributed by atoms with Crippen LogP contribution in [0.2, 0.25) is 0 Å². The molecule has 1 aromatic heterocycles. The molecule has 0 saturated heterocycles. The third kappa shape index (κ3) is 5.01. The highest BCUT2D eigenvalue weighted by Crippen LogP contribution is 2.42. The zero-order valence-corrected chi connectivity index (χ0v) is 19.0. The first-order valence-corrected chi connectivity index (χ1v) is 12.1. The second kappa shape index (κ2) is 9.38. The largest absolute Gasteiger partial charge is 0.396 e. The first-order valence-electron chi connectivity index (χ1n) is 12.1. The molecule has 4 heteroatoms. The molecule has 1 aromatic carbocycles. The molecule has 0 bridgehead atoms. The van der Waals surface area contributed by atoms with Gasteiger partial charge in [-0.05, 0) is 86.5 Å². The number of hydrogen-bond donors (Lipinski definition) is 2. The van der Waals surface area contributed by atoms with Crippen LogP contribution in [0.25, 0.3) is 10.8 Å². The predicted octanol–water partition coefficient (Wildman–Crippen LogP) is 5.34. The van der Waals surface area contributed by atoms with E-state index in [1.807, 2.05) is 24.4 Å². The van der Waals surface area contributed by atoms with E-state index in [2.05, 4.69) is 24.9 Å². The van der Waals surface area contributed by atoms with Crippen LogP contribution in [-0.2, 0) is 6.42 Å². The summed E-state index contributed by atoms with van der Waals surface area (Å²) in [5.74, 6) is 1.18. The molecule has 0 spiro atoms. The fraction of sp³-hybridized carbons (Fsp3) is 0.630. The van der Waals surface area contributed by atoms with Gasteiger partial charge in [0.25, 0.3) is 0 Å². The molecule has 0 amide bonds. The maximum absolute atomic E-state index is 13.5. The fourth-order valence-electron chi connectivity index (χ4n) is 5.64. The normalized spacial score (nSPS) is 30.3. The zero-order valence-electron chi connectivity index (χ0n) is 19.0. The molecule has 2 aromatic rings. The van der Waals surface area contributed by atoms with Gasteiger partial charge in [-0.1, -0.05) is 32.0 Å². The van der Waals surface area contributed by atoms with Crippen LogP contribution in [0.15, 0.2) is 30.5 Å². The van der Waals surface area contributed by atoms with Gasteiger partial charge in [0, 0.05) is 35.4 Å². The van der Waals surface area contributed by atoms with Gasteiger partial charge in [0.2, 0.25) is 0 Å². The summed E-state index contributed by atoms with van der Waals surface area (Å²) < 4.78 is 0. The molecule has 4 nitrogen and oxygen atoms in total. The number of aliphatic hydroxyl groups is 2. The molecule has 1 heterocycles. The van der Waals surface area contributed by atoms with Crippen LogP contribution >= 0.6 is 0 Å². The van der Waals surface area contributed by atoms with Gasteiger partial charge in [-0.15, -0.1) is 0 Å². The lowest BCUT2D eigenvalue weighted by Crippen LogP contribution is -2.32. The highest BCUT2D eigenvalue weighted by atomic mass is 16.3. The van der Waals surface area contributed by atoms with Crippen molar-refractivity contribution in [3.8, 4) is 0 Å². The number of aliphatic hydroxyl groups excluding tert-OH is 2. The van der Waals surface area contributed by atoms with Gasteiger partial charge in [-0.2, -0.15) is 0 Å². The van der Waals surface area contributed by atoms with Crippen molar-refractivity contribution in [1.82, 2.24) is 4.98 Å². The van der Waals surface area contributed by atoms with Crippen LogP contribution < -0.4 is 0 Å². The third-order valence-corrected chi connectivity index (χ3v) is 8.14. The molecule has 4 rings (SSSR count). The summed E-state index contributed by atoms with van der Waals surface area (Å²) in [5.41, 5.74) is 1.90. The van der Waals surface area contributed by atoms with E-state index in [1.165, 1.54) is 0 Å². The van der Waals surface area contributed by atoms with Crippen molar-refractivity contribution in [1.29, 1.82) is 0 Å². The predicted molar refractivity (Wildman–Crippen MR) is 124 cm³/mol. The number of pyridine rings is 1. The van der Waals surface area contributed by atoms with Crippen molar-refractivity contribution >= 4 is 16.6 Å². The Labute approximate surface area is 186 Å². The van der Waals surface area contributed by atoms with E-state index in [0.29, 0.717) is 11.8 Å². The summed E-state index contributed by atoms with van der Waals surface area (Å²) in [7, 11) is 0. The van der Waals surface area contributed by atoms with E-state index in [4.69, 9.17) is 0 Å². The number of aromatic nitrogens is 1. The Bertz CT molecular complexity index is 908. The van der Waals surface area contributed by atoms with Gasteiger partial charge in [0.15, 0.2) is 5.78 Å². The molecular weight excluding hydrogens is 386 g/mol. The number of carbonyl (C=O) groups is 1. The Morgan fingerprint density at radius 1 is 1.16 bits per heavy atom. The van der Waals surface area contributed by atoms with Crippen LogP contribution in [0.5, 0.6) is 0 Å². The second-order valence-electron chi connectivity index (χ2n) is 10.5. The van der Waals surface area contributed by atoms with Crippen molar-refractivity contribution in [2.24, 2.45) is 23.2 Å². The molecule has 0 radical (unpaired) electrons. The molecule has 2 aliphatic carbocycles. The first-order chi connectivity index (χ1) is 14.9. The number of ketones is 1. The number of carbonyl (C=O) groups excluding carboxylic acids is 1. The summed E-state index contributed by atoms with van der Waals surface area (Å²) in [4.78, 5) is 18.2. The van der Waals surface area contributed by atoms with Gasteiger partial charge in [0.1, 0.15) is 0 Å². The quantitative estimate of drug-likeness (QED) is 0.616. The van der Waals surface area contributed by atoms with Crippen LogP contribution in [-0.4, -0.2) is 33.7 Å². The van der Waals surface area contributed by atoms with Gasteiger partial charge in [-0.3, -0.25) is 9.78 Å². The lowest BCUT2D eigenvalue weighted by atomic mass is 9.68. The molecule has 1 unspecified atom stereocenters. The second-order valence-corrected chi connectivity index (χ2v) is 10.5. The molecule has 1 atom stereocenters. The summed E-state index contributed by atoms with van der Waals surface area (Å²) in [6, 6.07) is 8.11. The summed E-state index contributed by atoms with van der Waals surface area (Å²) in [6.45, 7) is 4.48. The highest BCUT2D eigenvalue weighted by Gasteiger charge is 2.35. The van der Waals surface area contributed by atoms with E-state index >= 15 is 0 Å². The highest BCUT2D eigenvalue weighted by molar-refractivity contribution is 6.09. The van der Waals surface area contributed by atoms with Crippen LogP contribution in [0.1, 0.15) is 81.3 Å². The average molecular weight is 424 g/mol. The fourth-order valence-corrected chi connectivity index (χ4v) is 5.64. The van der Waals surface area contributed by atoms with Gasteiger partial charge < -0.3 is 10.2 Å². The van der Waals surface area contributed by atoms with E-state index in [1.54, 1.807) is 0 Å². The van der Waals surface area contributed by atoms with Crippen LogP contribution in [0, 0.1) is 23.2 Å². The van der Waals surface area contributed by atoms with E-state index in [9.17, 15) is 15.0 Å². The molecule has 2 fully saturated rings. The molecular formula is C27H37NO3. The van der Waals surface area contributed by atoms with E-state index in [-0.39, 0.29) is 29.8 Å². The Balaban J connectivity index is 1.52. The number of nitrogens with zero attached hydrogens (tertiary/aromatic N) is 1. The first kappa shape index (κ1) is 22.4. The SMILES string of the molecule is CC(C(=O)c1cccc2cnc(CC3CCC(O)CC3)cc12)C1CCC(C)(CO)CC1. The van der Waals surface area contributed by atoms with Gasteiger partial charge >= 0.3 is 0 Å². The topological polar surface area (TPSA) is 70.4 Å². The lowest BCUT2D eigenvalue weighted by molar-refractivity contribution is 0.0606. The molecule has 0 aliphatic heterocycles. The molecule has 2 aliphatic rings. The molecule has 2 saturated carbocycles. The van der Waals surface area contributed by atoms with Crippen molar-refractivity contribution < 1.29 is 15.0 Å². The number of hydrogen-bond acceptors (Lipinski definition) is 4. The van der Waals surface area contributed by atoms with Crippen molar-refractivity contribution in [2.75, 3.05) is 6.61 Å². The Morgan fingerprint density at radius 3 is 2.55 bits per heavy atom. The third-order valence-electron chi connectivity index (χ3n) is 8.14. The Kier molecular flexibility index (Phi) is 6.78. The molecule has 168 valence electrons. The molecule has 2 N–H and O–H groups in total.